The Kier molecular flexibility index (Phi) is 9.50. The number of methoxy groups -OCH3 is 1. The van der Waals surface area contributed by atoms with Crippen molar-refractivity contribution in [2.75, 3.05) is 7.11 Å². The predicted molar refractivity (Wildman–Crippen MR) is 131 cm³/mol. The van der Waals surface area contributed by atoms with E-state index in [2.05, 4.69) is 102 Å². The zero-order valence-corrected chi connectivity index (χ0v) is 19.0. The van der Waals surface area contributed by atoms with Gasteiger partial charge in [-0.05, 0) is 0 Å². The van der Waals surface area contributed by atoms with Crippen molar-refractivity contribution in [3.05, 3.63) is 89.2 Å². The topological polar surface area (TPSA) is 18.5 Å². The third-order valence-corrected chi connectivity index (χ3v) is 5.55. The fourth-order valence-electron chi connectivity index (χ4n) is 3.99. The predicted octanol–water partition coefficient (Wildman–Crippen LogP) is 7.18. The van der Waals surface area contributed by atoms with E-state index in [9.17, 15) is 0 Å². The van der Waals surface area contributed by atoms with Gasteiger partial charge < -0.3 is 0 Å². The van der Waals surface area contributed by atoms with Crippen molar-refractivity contribution < 1.29 is 9.47 Å². The van der Waals surface area contributed by atoms with Crippen molar-refractivity contribution in [3.8, 4) is 28.0 Å². The Morgan fingerprint density at radius 2 is 1.48 bits per heavy atom. The van der Waals surface area contributed by atoms with Crippen LogP contribution in [0.2, 0.25) is 0 Å². The van der Waals surface area contributed by atoms with E-state index >= 15 is 0 Å². The summed E-state index contributed by atoms with van der Waals surface area (Å²) in [5.41, 5.74) is 5.79. The zero-order valence-electron chi connectivity index (χ0n) is 19.0. The van der Waals surface area contributed by atoms with Crippen LogP contribution in [0.5, 0.6) is 5.75 Å². The minimum atomic E-state index is 0.141. The van der Waals surface area contributed by atoms with Crippen LogP contribution in [0.15, 0.2) is 83.6 Å². The van der Waals surface area contributed by atoms with E-state index in [1.165, 1.54) is 36.0 Å². The van der Waals surface area contributed by atoms with Gasteiger partial charge in [0.15, 0.2) is 0 Å². The molecule has 3 heteroatoms. The van der Waals surface area contributed by atoms with E-state index in [1.54, 1.807) is 7.11 Å². The molecule has 31 heavy (non-hydrogen) atoms. The number of benzene rings is 3. The fourth-order valence-corrected chi connectivity index (χ4v) is 3.99. The van der Waals surface area contributed by atoms with Crippen LogP contribution in [0.1, 0.15) is 38.2 Å². The second-order valence-corrected chi connectivity index (χ2v) is 7.78. The molecule has 3 aromatic carbocycles. The van der Waals surface area contributed by atoms with Gasteiger partial charge in [-0.15, -0.1) is 0 Å². The standard InChI is InChI=1S/C28H31O2.Li/c1-4-6-9-18-25(5-2)30-21-24-19-20-26(29-3)28(23-16-12-8-13-17-23)27(24)22-14-10-7-11-15-22;/h2,5,7-8,10-17,19-20,25H,4,6,9,18,21H2,1,3H3;. The fraction of sp³-hybridized carbons (Fsp3) is 0.286. The van der Waals surface area contributed by atoms with Crippen molar-refractivity contribution >= 4 is 17.7 Å². The average molecular weight is 406 g/mol. The summed E-state index contributed by atoms with van der Waals surface area (Å²) in [6, 6.07) is 25.2. The Hall–Kier alpha value is -2.24. The first-order valence-corrected chi connectivity index (χ1v) is 11.3. The van der Waals surface area contributed by atoms with E-state index in [0.29, 0.717) is 6.61 Å². The molecule has 0 saturated carbocycles. The van der Waals surface area contributed by atoms with E-state index in [-0.39, 0.29) is 6.10 Å². The SMILES string of the molecule is [Li]/[CH]=C/C(CCCCC)OCc1ccc(OC)c(-c2ccccc2)c1-c1ccccc1. The molecular formula is C28H31LiO2. The van der Waals surface area contributed by atoms with Gasteiger partial charge in [-0.25, -0.2) is 0 Å². The van der Waals surface area contributed by atoms with Crippen LogP contribution in [0.3, 0.4) is 0 Å². The molecule has 156 valence electrons. The normalized spacial score (nSPS) is 12.3. The van der Waals surface area contributed by atoms with Gasteiger partial charge in [0.05, 0.1) is 0 Å². The van der Waals surface area contributed by atoms with Crippen LogP contribution < -0.4 is 4.74 Å². The van der Waals surface area contributed by atoms with Gasteiger partial charge in [0.2, 0.25) is 0 Å². The molecule has 0 aliphatic heterocycles. The summed E-state index contributed by atoms with van der Waals surface area (Å²) in [6.07, 6.45) is 7.03. The first-order chi connectivity index (χ1) is 15.3. The Morgan fingerprint density at radius 3 is 2.06 bits per heavy atom. The first kappa shape index (κ1) is 23.4. The molecule has 1 unspecified atom stereocenters. The monoisotopic (exact) mass is 406 g/mol. The number of ether oxygens (including phenoxy) is 2. The molecule has 1 atom stereocenters. The number of rotatable bonds is 11. The Labute approximate surface area is 196 Å². The summed E-state index contributed by atoms with van der Waals surface area (Å²) in [6.45, 7) is 2.80. The molecule has 0 radical (unpaired) electrons. The quantitative estimate of drug-likeness (QED) is 0.248. The van der Waals surface area contributed by atoms with Crippen LogP contribution in [-0.4, -0.2) is 30.9 Å². The molecule has 3 rings (SSSR count). The third-order valence-electron chi connectivity index (χ3n) is 5.55. The maximum absolute atomic E-state index is 6.41. The maximum atomic E-state index is 6.41. The van der Waals surface area contributed by atoms with Crippen molar-refractivity contribution in [3.63, 3.8) is 0 Å². The van der Waals surface area contributed by atoms with E-state index in [4.69, 9.17) is 9.47 Å². The number of hydrogen-bond acceptors (Lipinski definition) is 2. The van der Waals surface area contributed by atoms with Crippen LogP contribution in [0, 0.1) is 0 Å². The molecule has 0 fully saturated rings. The summed E-state index contributed by atoms with van der Waals surface area (Å²) in [4.78, 5) is 0. The van der Waals surface area contributed by atoms with Gasteiger partial charge in [0.1, 0.15) is 0 Å². The molecular weight excluding hydrogens is 375 g/mol. The molecule has 0 N–H and O–H groups in total. The van der Waals surface area contributed by atoms with Crippen molar-refractivity contribution in [1.82, 2.24) is 0 Å². The Morgan fingerprint density at radius 1 is 0.839 bits per heavy atom. The van der Waals surface area contributed by atoms with Gasteiger partial charge in [-0.3, -0.25) is 0 Å². The molecule has 0 amide bonds. The summed E-state index contributed by atoms with van der Waals surface area (Å²) < 4.78 is 14.3. The molecule has 2 nitrogen and oxygen atoms in total. The molecule has 0 bridgehead atoms. The van der Waals surface area contributed by atoms with Crippen LogP contribution in [0.4, 0.5) is 0 Å². The number of unbranched alkanes of at least 4 members (excludes halogenated alkanes) is 2. The molecule has 0 aromatic heterocycles. The summed E-state index contributed by atoms with van der Waals surface area (Å²) in [5, 5.41) is 0. The van der Waals surface area contributed by atoms with E-state index < -0.39 is 0 Å². The van der Waals surface area contributed by atoms with Crippen LogP contribution >= 0.6 is 0 Å². The van der Waals surface area contributed by atoms with Gasteiger partial charge in [-0.1, -0.05) is 0 Å². The van der Waals surface area contributed by atoms with E-state index in [1.807, 2.05) is 6.07 Å². The van der Waals surface area contributed by atoms with E-state index in [0.717, 1.165) is 23.3 Å². The van der Waals surface area contributed by atoms with Crippen LogP contribution in [-0.2, 0) is 11.3 Å². The molecule has 0 aliphatic rings. The minimum absolute atomic E-state index is 0.141. The second kappa shape index (κ2) is 12.6. The zero-order chi connectivity index (χ0) is 21.9. The molecule has 0 saturated heterocycles. The summed E-state index contributed by atoms with van der Waals surface area (Å²) in [7, 11) is 1.74. The third kappa shape index (κ3) is 6.37. The van der Waals surface area contributed by atoms with Gasteiger partial charge in [0.25, 0.3) is 0 Å². The van der Waals surface area contributed by atoms with Crippen molar-refractivity contribution in [1.29, 1.82) is 0 Å². The van der Waals surface area contributed by atoms with Crippen molar-refractivity contribution in [2.45, 2.75) is 45.3 Å². The number of hydrogen-bond donors (Lipinski definition) is 0. The first-order valence-electron chi connectivity index (χ1n) is 11.3. The Bertz CT molecular complexity index is 952. The Balaban J connectivity index is 2.02. The second-order valence-electron chi connectivity index (χ2n) is 7.78. The molecule has 3 aromatic rings. The molecule has 0 spiro atoms. The van der Waals surface area contributed by atoms with Gasteiger partial charge >= 0.3 is 197 Å². The summed E-state index contributed by atoms with van der Waals surface area (Å²) >= 11 is 2.06. The summed E-state index contributed by atoms with van der Waals surface area (Å²) in [5.74, 6) is 0.877. The van der Waals surface area contributed by atoms with Crippen LogP contribution in [0.25, 0.3) is 22.3 Å². The average Bonchev–Trinajstić information content (AvgIpc) is 2.83. The van der Waals surface area contributed by atoms with Crippen molar-refractivity contribution in [2.24, 2.45) is 0 Å². The molecule has 0 heterocycles. The van der Waals surface area contributed by atoms with Gasteiger partial charge in [0, 0.05) is 0 Å². The van der Waals surface area contributed by atoms with Gasteiger partial charge in [-0.2, -0.15) is 0 Å². The molecule has 0 aliphatic carbocycles.